The highest BCUT2D eigenvalue weighted by atomic mass is 32.2. The molecule has 1 aliphatic heterocycles. The molecule has 0 aliphatic carbocycles. The molecular formula is C23H30N2O4S. The quantitative estimate of drug-likeness (QED) is 0.648. The summed E-state index contributed by atoms with van der Waals surface area (Å²) in [6.07, 6.45) is 3.11. The lowest BCUT2D eigenvalue weighted by atomic mass is 10.1. The number of nitrogens with zero attached hydrogens (tertiary/aromatic N) is 1. The molecule has 0 spiro atoms. The molecule has 0 radical (unpaired) electrons. The standard InChI is InChI=1S/C23H30N2O4S/c1-3-29-22-11-5-4-9-19(22)10-8-14-24-23(26)20-13-12-18(2)21(17-20)25-15-6-7-16-30(25,27)28/h4-5,9,11-13,17H,3,6-8,10,14-16H2,1-2H3,(H,24,26). The number of amides is 1. The van der Waals surface area contributed by atoms with Crippen molar-refractivity contribution in [3.05, 3.63) is 59.2 Å². The summed E-state index contributed by atoms with van der Waals surface area (Å²) in [5, 5.41) is 2.94. The van der Waals surface area contributed by atoms with Crippen molar-refractivity contribution in [3.8, 4) is 5.75 Å². The number of sulfonamides is 1. The Hall–Kier alpha value is -2.54. The van der Waals surface area contributed by atoms with Gasteiger partial charge in [-0.25, -0.2) is 8.42 Å². The van der Waals surface area contributed by atoms with Crippen LogP contribution in [-0.4, -0.2) is 39.8 Å². The van der Waals surface area contributed by atoms with Crippen LogP contribution >= 0.6 is 0 Å². The molecule has 2 aromatic rings. The van der Waals surface area contributed by atoms with Crippen LogP contribution in [0.2, 0.25) is 0 Å². The maximum absolute atomic E-state index is 12.6. The fraction of sp³-hybridized carbons (Fsp3) is 0.435. The zero-order chi connectivity index (χ0) is 21.6. The average molecular weight is 431 g/mol. The highest BCUT2D eigenvalue weighted by molar-refractivity contribution is 7.92. The van der Waals surface area contributed by atoms with Crippen LogP contribution in [0.3, 0.4) is 0 Å². The zero-order valence-electron chi connectivity index (χ0n) is 17.7. The fourth-order valence-electron chi connectivity index (χ4n) is 3.67. The minimum Gasteiger partial charge on any atom is -0.494 e. The molecule has 2 aromatic carbocycles. The summed E-state index contributed by atoms with van der Waals surface area (Å²) in [7, 11) is -3.31. The van der Waals surface area contributed by atoms with Gasteiger partial charge in [0.25, 0.3) is 5.91 Å². The second-order valence-corrected chi connectivity index (χ2v) is 9.51. The van der Waals surface area contributed by atoms with Crippen molar-refractivity contribution >= 4 is 21.6 Å². The third-order valence-electron chi connectivity index (χ3n) is 5.27. The van der Waals surface area contributed by atoms with E-state index >= 15 is 0 Å². The van der Waals surface area contributed by atoms with E-state index in [1.165, 1.54) is 4.31 Å². The number of hydrogen-bond donors (Lipinski definition) is 1. The molecule has 0 atom stereocenters. The van der Waals surface area contributed by atoms with Gasteiger partial charge in [-0.1, -0.05) is 24.3 Å². The Labute approximate surface area is 179 Å². The van der Waals surface area contributed by atoms with Gasteiger partial charge in [-0.05, 0) is 68.9 Å². The second kappa shape index (κ2) is 9.98. The Morgan fingerprint density at radius 2 is 1.97 bits per heavy atom. The van der Waals surface area contributed by atoms with Crippen LogP contribution in [0.5, 0.6) is 5.75 Å². The van der Waals surface area contributed by atoms with Gasteiger partial charge in [-0.2, -0.15) is 0 Å². The molecule has 0 bridgehead atoms. The van der Waals surface area contributed by atoms with Gasteiger partial charge in [0.1, 0.15) is 5.75 Å². The summed E-state index contributed by atoms with van der Waals surface area (Å²) in [5.41, 5.74) is 3.06. The van der Waals surface area contributed by atoms with Gasteiger partial charge in [0, 0.05) is 18.7 Å². The number of para-hydroxylation sites is 1. The van der Waals surface area contributed by atoms with Gasteiger partial charge in [0.15, 0.2) is 0 Å². The lowest BCUT2D eigenvalue weighted by Crippen LogP contribution is -2.38. The first-order chi connectivity index (χ1) is 14.4. The molecule has 3 rings (SSSR count). The van der Waals surface area contributed by atoms with Gasteiger partial charge < -0.3 is 10.1 Å². The van der Waals surface area contributed by atoms with Crippen LogP contribution < -0.4 is 14.4 Å². The van der Waals surface area contributed by atoms with Gasteiger partial charge >= 0.3 is 0 Å². The molecule has 0 saturated carbocycles. The van der Waals surface area contributed by atoms with Gasteiger partial charge in [-0.3, -0.25) is 9.10 Å². The van der Waals surface area contributed by atoms with E-state index in [1.807, 2.05) is 44.2 Å². The predicted octanol–water partition coefficient (Wildman–Crippen LogP) is 3.69. The summed E-state index contributed by atoms with van der Waals surface area (Å²) >= 11 is 0. The maximum Gasteiger partial charge on any atom is 0.251 e. The van der Waals surface area contributed by atoms with Crippen molar-refractivity contribution in [2.24, 2.45) is 0 Å². The number of rotatable bonds is 8. The fourth-order valence-corrected chi connectivity index (χ4v) is 5.36. The number of carbonyl (C=O) groups is 1. The lowest BCUT2D eigenvalue weighted by Gasteiger charge is -2.29. The molecule has 30 heavy (non-hydrogen) atoms. The highest BCUT2D eigenvalue weighted by Crippen LogP contribution is 2.28. The molecule has 0 unspecified atom stereocenters. The van der Waals surface area contributed by atoms with E-state index in [1.54, 1.807) is 12.1 Å². The van der Waals surface area contributed by atoms with E-state index in [4.69, 9.17) is 4.74 Å². The molecule has 1 heterocycles. The van der Waals surface area contributed by atoms with Crippen molar-refractivity contribution in [2.75, 3.05) is 29.8 Å². The normalized spacial score (nSPS) is 15.6. The molecule has 162 valence electrons. The van der Waals surface area contributed by atoms with Crippen molar-refractivity contribution < 1.29 is 17.9 Å². The molecule has 7 heteroatoms. The third kappa shape index (κ3) is 5.33. The summed E-state index contributed by atoms with van der Waals surface area (Å²) < 4.78 is 32.0. The van der Waals surface area contributed by atoms with Crippen LogP contribution in [-0.2, 0) is 16.4 Å². The number of anilines is 1. The van der Waals surface area contributed by atoms with E-state index in [-0.39, 0.29) is 11.7 Å². The molecule has 6 nitrogen and oxygen atoms in total. The predicted molar refractivity (Wildman–Crippen MR) is 120 cm³/mol. The van der Waals surface area contributed by atoms with Gasteiger partial charge in [0.05, 0.1) is 18.0 Å². The monoisotopic (exact) mass is 430 g/mol. The summed E-state index contributed by atoms with van der Waals surface area (Å²) in [6, 6.07) is 13.2. The smallest absolute Gasteiger partial charge is 0.251 e. The number of hydrogen-bond acceptors (Lipinski definition) is 4. The average Bonchev–Trinajstić information content (AvgIpc) is 2.73. The summed E-state index contributed by atoms with van der Waals surface area (Å²) in [6.45, 7) is 5.45. The molecule has 1 saturated heterocycles. The van der Waals surface area contributed by atoms with Gasteiger partial charge in [0.2, 0.25) is 10.0 Å². The third-order valence-corrected chi connectivity index (χ3v) is 7.13. The molecule has 1 amide bonds. The van der Waals surface area contributed by atoms with Gasteiger partial charge in [-0.15, -0.1) is 0 Å². The topological polar surface area (TPSA) is 75.7 Å². The van der Waals surface area contributed by atoms with Crippen molar-refractivity contribution in [2.45, 2.75) is 39.5 Å². The molecule has 1 aliphatic rings. The first-order valence-corrected chi connectivity index (χ1v) is 12.1. The van der Waals surface area contributed by atoms with Crippen LogP contribution in [0, 0.1) is 6.92 Å². The van der Waals surface area contributed by atoms with Crippen LogP contribution in [0.1, 0.15) is 47.7 Å². The number of ether oxygens (including phenoxy) is 1. The van der Waals surface area contributed by atoms with E-state index < -0.39 is 10.0 Å². The maximum atomic E-state index is 12.6. The first-order valence-electron chi connectivity index (χ1n) is 10.5. The van der Waals surface area contributed by atoms with E-state index in [0.29, 0.717) is 37.4 Å². The largest absolute Gasteiger partial charge is 0.494 e. The molecule has 0 aromatic heterocycles. The van der Waals surface area contributed by atoms with E-state index in [9.17, 15) is 13.2 Å². The Morgan fingerprint density at radius 1 is 1.17 bits per heavy atom. The molecule has 1 N–H and O–H groups in total. The minimum absolute atomic E-state index is 0.159. The minimum atomic E-state index is -3.31. The Kier molecular flexibility index (Phi) is 7.37. The lowest BCUT2D eigenvalue weighted by molar-refractivity contribution is 0.0953. The Bertz CT molecular complexity index is 988. The Balaban J connectivity index is 1.61. The SMILES string of the molecule is CCOc1ccccc1CCCNC(=O)c1ccc(C)c(N2CCCCS2(=O)=O)c1. The van der Waals surface area contributed by atoms with E-state index in [0.717, 1.165) is 36.1 Å². The van der Waals surface area contributed by atoms with Crippen molar-refractivity contribution in [3.63, 3.8) is 0 Å². The number of aryl methyl sites for hydroxylation is 2. The number of carbonyl (C=O) groups excluding carboxylic acids is 1. The summed E-state index contributed by atoms with van der Waals surface area (Å²) in [5.74, 6) is 0.854. The second-order valence-electron chi connectivity index (χ2n) is 7.50. The molecular weight excluding hydrogens is 400 g/mol. The van der Waals surface area contributed by atoms with Crippen LogP contribution in [0.15, 0.2) is 42.5 Å². The molecule has 1 fully saturated rings. The number of benzene rings is 2. The Morgan fingerprint density at radius 3 is 2.73 bits per heavy atom. The van der Waals surface area contributed by atoms with E-state index in [2.05, 4.69) is 5.32 Å². The first kappa shape index (κ1) is 22.2. The van der Waals surface area contributed by atoms with Crippen LogP contribution in [0.4, 0.5) is 5.69 Å². The van der Waals surface area contributed by atoms with Crippen LogP contribution in [0.25, 0.3) is 0 Å². The van der Waals surface area contributed by atoms with Crippen molar-refractivity contribution in [1.82, 2.24) is 5.32 Å². The van der Waals surface area contributed by atoms with Crippen molar-refractivity contribution in [1.29, 1.82) is 0 Å². The highest BCUT2D eigenvalue weighted by Gasteiger charge is 2.27. The number of nitrogens with one attached hydrogen (secondary N) is 1. The zero-order valence-corrected chi connectivity index (χ0v) is 18.5. The summed E-state index contributed by atoms with van der Waals surface area (Å²) in [4.78, 5) is 12.6.